The van der Waals surface area contributed by atoms with Crippen LogP contribution in [0.25, 0.3) is 0 Å². The van der Waals surface area contributed by atoms with E-state index in [0.29, 0.717) is 18.1 Å². The molecular formula is C16H21N3O. The van der Waals surface area contributed by atoms with E-state index >= 15 is 0 Å². The number of Topliss-reactive ketones (excluding diaryl/α,β-unsaturated/α-hetero) is 1. The number of aromatic nitrogens is 3. The van der Waals surface area contributed by atoms with Crippen LogP contribution >= 0.6 is 0 Å². The number of aryl methyl sites for hydroxylation is 2. The Hall–Kier alpha value is -1.97. The van der Waals surface area contributed by atoms with Crippen LogP contribution in [0.3, 0.4) is 0 Å². The SMILES string of the molecule is Cc1nc(C(=O)CCCCCCc2ccccc2)n[nH]1. The van der Waals surface area contributed by atoms with Gasteiger partial charge >= 0.3 is 0 Å². The Morgan fingerprint density at radius 2 is 1.85 bits per heavy atom. The number of carbonyl (C=O) groups is 1. The van der Waals surface area contributed by atoms with E-state index in [0.717, 1.165) is 25.7 Å². The third-order valence-electron chi connectivity index (χ3n) is 3.31. The van der Waals surface area contributed by atoms with Crippen LogP contribution < -0.4 is 0 Å². The molecule has 1 aromatic carbocycles. The molecule has 0 aliphatic heterocycles. The number of H-pyrrole nitrogens is 1. The van der Waals surface area contributed by atoms with Gasteiger partial charge in [-0.05, 0) is 31.7 Å². The summed E-state index contributed by atoms with van der Waals surface area (Å²) in [5, 5.41) is 6.58. The molecule has 20 heavy (non-hydrogen) atoms. The number of carbonyl (C=O) groups excluding carboxylic acids is 1. The first-order valence-corrected chi connectivity index (χ1v) is 7.22. The Morgan fingerprint density at radius 3 is 2.55 bits per heavy atom. The fourth-order valence-electron chi connectivity index (χ4n) is 2.19. The van der Waals surface area contributed by atoms with Gasteiger partial charge in [0.15, 0.2) is 0 Å². The molecule has 1 aromatic heterocycles. The maximum absolute atomic E-state index is 11.8. The molecule has 0 spiro atoms. The number of rotatable bonds is 8. The number of hydrogen-bond acceptors (Lipinski definition) is 3. The number of nitrogens with one attached hydrogen (secondary N) is 1. The quantitative estimate of drug-likeness (QED) is 0.590. The number of unbranched alkanes of at least 4 members (excludes halogenated alkanes) is 3. The van der Waals surface area contributed by atoms with Crippen LogP contribution in [0, 0.1) is 6.92 Å². The molecule has 0 unspecified atom stereocenters. The summed E-state index contributed by atoms with van der Waals surface area (Å²) in [6, 6.07) is 10.5. The van der Waals surface area contributed by atoms with Crippen LogP contribution in [0.15, 0.2) is 30.3 Å². The van der Waals surface area contributed by atoms with Gasteiger partial charge in [-0.3, -0.25) is 9.89 Å². The highest BCUT2D eigenvalue weighted by molar-refractivity contribution is 5.92. The average Bonchev–Trinajstić information content (AvgIpc) is 2.90. The second-order valence-electron chi connectivity index (χ2n) is 5.07. The molecule has 0 atom stereocenters. The number of hydrogen-bond donors (Lipinski definition) is 1. The van der Waals surface area contributed by atoms with Gasteiger partial charge < -0.3 is 0 Å². The van der Waals surface area contributed by atoms with Crippen molar-refractivity contribution >= 4 is 5.78 Å². The second kappa shape index (κ2) is 7.58. The van der Waals surface area contributed by atoms with Gasteiger partial charge in [-0.25, -0.2) is 4.98 Å². The highest BCUT2D eigenvalue weighted by Crippen LogP contribution is 2.10. The molecule has 2 aromatic rings. The van der Waals surface area contributed by atoms with Gasteiger partial charge in [-0.15, -0.1) is 0 Å². The molecule has 1 heterocycles. The minimum atomic E-state index is 0.0393. The smallest absolute Gasteiger partial charge is 0.217 e. The zero-order chi connectivity index (χ0) is 14.2. The minimum absolute atomic E-state index is 0.0393. The first-order valence-electron chi connectivity index (χ1n) is 7.22. The van der Waals surface area contributed by atoms with Crippen LogP contribution in [0.2, 0.25) is 0 Å². The lowest BCUT2D eigenvalue weighted by atomic mass is 10.0. The van der Waals surface area contributed by atoms with Gasteiger partial charge in [0.25, 0.3) is 0 Å². The molecular weight excluding hydrogens is 250 g/mol. The first kappa shape index (κ1) is 14.4. The Labute approximate surface area is 119 Å². The van der Waals surface area contributed by atoms with E-state index in [4.69, 9.17) is 0 Å². The van der Waals surface area contributed by atoms with Crippen LogP contribution in [0.1, 0.15) is 54.1 Å². The zero-order valence-corrected chi connectivity index (χ0v) is 11.9. The molecule has 0 aliphatic carbocycles. The molecule has 0 amide bonds. The lowest BCUT2D eigenvalue weighted by Gasteiger charge is -2.01. The zero-order valence-electron chi connectivity index (χ0n) is 11.9. The van der Waals surface area contributed by atoms with E-state index in [9.17, 15) is 4.79 Å². The fraction of sp³-hybridized carbons (Fsp3) is 0.438. The van der Waals surface area contributed by atoms with Crippen molar-refractivity contribution in [2.45, 2.75) is 45.4 Å². The Bertz CT molecular complexity index is 534. The number of benzene rings is 1. The summed E-state index contributed by atoms with van der Waals surface area (Å²) in [5.74, 6) is 1.06. The summed E-state index contributed by atoms with van der Waals surface area (Å²) < 4.78 is 0. The van der Waals surface area contributed by atoms with Crippen molar-refractivity contribution in [2.75, 3.05) is 0 Å². The first-order chi connectivity index (χ1) is 9.75. The van der Waals surface area contributed by atoms with Crippen LogP contribution in [0.4, 0.5) is 0 Å². The molecule has 1 N–H and O–H groups in total. The number of ketones is 1. The number of aromatic amines is 1. The lowest BCUT2D eigenvalue weighted by molar-refractivity contribution is 0.0969. The molecule has 4 heteroatoms. The topological polar surface area (TPSA) is 58.6 Å². The monoisotopic (exact) mass is 271 g/mol. The molecule has 2 rings (SSSR count). The fourth-order valence-corrected chi connectivity index (χ4v) is 2.19. The van der Waals surface area contributed by atoms with Crippen molar-refractivity contribution in [3.63, 3.8) is 0 Å². The minimum Gasteiger partial charge on any atom is -0.291 e. The van der Waals surface area contributed by atoms with Gasteiger partial charge in [0.2, 0.25) is 11.6 Å². The largest absolute Gasteiger partial charge is 0.291 e. The Balaban J connectivity index is 1.57. The molecule has 0 bridgehead atoms. The third kappa shape index (κ3) is 4.61. The summed E-state index contributed by atoms with van der Waals surface area (Å²) in [7, 11) is 0. The standard InChI is InChI=1S/C16H21N3O/c1-13-17-16(19-18-13)15(20)12-8-3-2-5-9-14-10-6-4-7-11-14/h4,6-7,10-11H,2-3,5,8-9,12H2,1H3,(H,17,18,19). The maximum Gasteiger partial charge on any atom is 0.217 e. The van der Waals surface area contributed by atoms with E-state index in [2.05, 4.69) is 39.4 Å². The van der Waals surface area contributed by atoms with Crippen LogP contribution in [-0.4, -0.2) is 21.0 Å². The van der Waals surface area contributed by atoms with Gasteiger partial charge in [0.05, 0.1) is 0 Å². The van der Waals surface area contributed by atoms with E-state index in [1.165, 1.54) is 12.0 Å². The van der Waals surface area contributed by atoms with Crippen LogP contribution in [-0.2, 0) is 6.42 Å². The van der Waals surface area contributed by atoms with Gasteiger partial charge in [0, 0.05) is 6.42 Å². The molecule has 0 aliphatic rings. The van der Waals surface area contributed by atoms with E-state index < -0.39 is 0 Å². The molecule has 106 valence electrons. The predicted molar refractivity (Wildman–Crippen MR) is 78.7 cm³/mol. The van der Waals surface area contributed by atoms with Gasteiger partial charge in [0.1, 0.15) is 5.82 Å². The van der Waals surface area contributed by atoms with Gasteiger partial charge in [-0.1, -0.05) is 43.2 Å². The van der Waals surface area contributed by atoms with E-state index in [-0.39, 0.29) is 5.78 Å². The Kier molecular flexibility index (Phi) is 5.47. The van der Waals surface area contributed by atoms with E-state index in [1.54, 1.807) is 6.92 Å². The highest BCUT2D eigenvalue weighted by Gasteiger charge is 2.10. The summed E-state index contributed by atoms with van der Waals surface area (Å²) >= 11 is 0. The maximum atomic E-state index is 11.8. The summed E-state index contributed by atoms with van der Waals surface area (Å²) in [4.78, 5) is 15.8. The molecule has 0 radical (unpaired) electrons. The number of nitrogens with zero attached hydrogens (tertiary/aromatic N) is 2. The van der Waals surface area contributed by atoms with Crippen molar-refractivity contribution < 1.29 is 4.79 Å². The predicted octanol–water partition coefficient (Wildman–Crippen LogP) is 3.49. The highest BCUT2D eigenvalue weighted by atomic mass is 16.1. The lowest BCUT2D eigenvalue weighted by Crippen LogP contribution is -2.01. The van der Waals surface area contributed by atoms with Crippen molar-refractivity contribution in [1.29, 1.82) is 0 Å². The van der Waals surface area contributed by atoms with Crippen molar-refractivity contribution in [3.8, 4) is 0 Å². The molecule has 4 nitrogen and oxygen atoms in total. The summed E-state index contributed by atoms with van der Waals surface area (Å²) in [6.45, 7) is 1.80. The summed E-state index contributed by atoms with van der Waals surface area (Å²) in [6.07, 6.45) is 6.01. The second-order valence-corrected chi connectivity index (χ2v) is 5.07. The van der Waals surface area contributed by atoms with Gasteiger partial charge in [-0.2, -0.15) is 5.10 Å². The summed E-state index contributed by atoms with van der Waals surface area (Å²) in [5.41, 5.74) is 1.39. The van der Waals surface area contributed by atoms with Crippen molar-refractivity contribution in [1.82, 2.24) is 15.2 Å². The normalized spacial score (nSPS) is 10.7. The molecule has 0 fully saturated rings. The van der Waals surface area contributed by atoms with Crippen molar-refractivity contribution in [3.05, 3.63) is 47.5 Å². The van der Waals surface area contributed by atoms with Crippen molar-refractivity contribution in [2.24, 2.45) is 0 Å². The van der Waals surface area contributed by atoms with E-state index in [1.807, 2.05) is 6.07 Å². The average molecular weight is 271 g/mol. The van der Waals surface area contributed by atoms with Crippen LogP contribution in [0.5, 0.6) is 0 Å². The molecule has 0 saturated carbocycles. The Morgan fingerprint density at radius 1 is 1.10 bits per heavy atom. The third-order valence-corrected chi connectivity index (χ3v) is 3.31. The molecule has 0 saturated heterocycles.